The Kier molecular flexibility index (Phi) is 4.33. The summed E-state index contributed by atoms with van der Waals surface area (Å²) in [6.45, 7) is 3.97. The van der Waals surface area contributed by atoms with Gasteiger partial charge in [0.15, 0.2) is 11.5 Å². The summed E-state index contributed by atoms with van der Waals surface area (Å²) < 4.78 is 6.85. The van der Waals surface area contributed by atoms with Crippen molar-refractivity contribution in [2.45, 2.75) is 13.8 Å². The lowest BCUT2D eigenvalue weighted by atomic mass is 10.2. The predicted molar refractivity (Wildman–Crippen MR) is 102 cm³/mol. The molecule has 0 unspecified atom stereocenters. The number of aromatic nitrogens is 3. The van der Waals surface area contributed by atoms with Crippen molar-refractivity contribution in [3.63, 3.8) is 0 Å². The zero-order chi connectivity index (χ0) is 18.8. The van der Waals surface area contributed by atoms with Gasteiger partial charge in [0.25, 0.3) is 0 Å². The molecule has 4 rings (SSSR count). The molecule has 0 saturated carbocycles. The largest absolute Gasteiger partial charge is 0.461 e. The van der Waals surface area contributed by atoms with Crippen LogP contribution in [0.1, 0.15) is 23.0 Å². The molecule has 7 nitrogen and oxygen atoms in total. The molecule has 0 atom stereocenters. The van der Waals surface area contributed by atoms with E-state index in [-0.39, 0.29) is 12.3 Å². The quantitative estimate of drug-likeness (QED) is 0.388. The molecule has 4 aromatic rings. The number of carbonyl (C=O) groups is 1. The molecule has 7 heteroatoms. The molecular formula is C20H17N5O2. The van der Waals surface area contributed by atoms with Gasteiger partial charge in [-0.05, 0) is 43.7 Å². The molecule has 0 aliphatic rings. The zero-order valence-corrected chi connectivity index (χ0v) is 15.0. The second-order valence-electron chi connectivity index (χ2n) is 5.99. The number of esters is 1. The average molecular weight is 359 g/mol. The van der Waals surface area contributed by atoms with E-state index >= 15 is 0 Å². The smallest absolute Gasteiger partial charge is 0.360 e. The van der Waals surface area contributed by atoms with Crippen molar-refractivity contribution in [1.29, 1.82) is 0 Å². The van der Waals surface area contributed by atoms with Crippen LogP contribution in [0.3, 0.4) is 0 Å². The summed E-state index contributed by atoms with van der Waals surface area (Å²) in [6, 6.07) is 13.3. The lowest BCUT2D eigenvalue weighted by Crippen LogP contribution is -2.05. The lowest BCUT2D eigenvalue weighted by molar-refractivity contribution is 0.0521. The van der Waals surface area contributed by atoms with E-state index in [0.29, 0.717) is 17.2 Å². The van der Waals surface area contributed by atoms with E-state index in [4.69, 9.17) is 4.74 Å². The molecule has 0 radical (unpaired) electrons. The Morgan fingerprint density at radius 3 is 2.89 bits per heavy atom. The van der Waals surface area contributed by atoms with Gasteiger partial charge in [0.05, 0.1) is 12.1 Å². The standard InChI is InChI=1S/C20H17N5O2/c1-3-27-20(26)18-19(25-11-9-13(2)12-16(25)22-18)24-23-15-8-4-6-14-7-5-10-21-17(14)15/h4-12H,3H2,1-2H3. The van der Waals surface area contributed by atoms with E-state index in [1.807, 2.05) is 55.6 Å². The van der Waals surface area contributed by atoms with Crippen molar-refractivity contribution < 1.29 is 9.53 Å². The van der Waals surface area contributed by atoms with Gasteiger partial charge in [0.1, 0.15) is 11.3 Å². The molecule has 0 amide bonds. The molecule has 134 valence electrons. The van der Waals surface area contributed by atoms with Gasteiger partial charge in [0, 0.05) is 17.8 Å². The molecule has 27 heavy (non-hydrogen) atoms. The van der Waals surface area contributed by atoms with Gasteiger partial charge in [-0.3, -0.25) is 9.38 Å². The number of pyridine rings is 2. The maximum Gasteiger partial charge on any atom is 0.360 e. The first-order chi connectivity index (χ1) is 13.2. The Balaban J connectivity index is 1.85. The predicted octanol–water partition coefficient (Wildman–Crippen LogP) is 4.78. The fourth-order valence-electron chi connectivity index (χ4n) is 2.84. The van der Waals surface area contributed by atoms with Crippen LogP contribution < -0.4 is 0 Å². The Hall–Kier alpha value is -3.61. The molecule has 3 heterocycles. The second kappa shape index (κ2) is 6.95. The molecule has 0 fully saturated rings. The van der Waals surface area contributed by atoms with Crippen molar-refractivity contribution in [1.82, 2.24) is 14.4 Å². The summed E-state index contributed by atoms with van der Waals surface area (Å²) in [4.78, 5) is 21.1. The minimum absolute atomic E-state index is 0.138. The molecule has 3 aromatic heterocycles. The Bertz CT molecular complexity index is 1170. The molecule has 0 saturated heterocycles. The summed E-state index contributed by atoms with van der Waals surface area (Å²) in [5.41, 5.74) is 3.14. The van der Waals surface area contributed by atoms with E-state index in [1.165, 1.54) is 0 Å². The molecular weight excluding hydrogens is 342 g/mol. The van der Waals surface area contributed by atoms with Crippen molar-refractivity contribution in [3.8, 4) is 0 Å². The molecule has 0 spiro atoms. The molecule has 0 bridgehead atoms. The second-order valence-corrected chi connectivity index (χ2v) is 5.99. The van der Waals surface area contributed by atoms with Crippen LogP contribution in [0.15, 0.2) is 65.1 Å². The monoisotopic (exact) mass is 359 g/mol. The molecule has 1 aromatic carbocycles. The fourth-order valence-corrected chi connectivity index (χ4v) is 2.84. The topological polar surface area (TPSA) is 81.2 Å². The number of imidazole rings is 1. The third-order valence-corrected chi connectivity index (χ3v) is 4.09. The maximum atomic E-state index is 12.3. The Labute approximate surface area is 155 Å². The Morgan fingerprint density at radius 1 is 1.19 bits per heavy atom. The number of nitrogens with zero attached hydrogens (tertiary/aromatic N) is 5. The van der Waals surface area contributed by atoms with Crippen LogP contribution in [0.5, 0.6) is 0 Å². The van der Waals surface area contributed by atoms with Gasteiger partial charge in [-0.1, -0.05) is 18.2 Å². The van der Waals surface area contributed by atoms with Crippen LogP contribution in [0.25, 0.3) is 16.6 Å². The van der Waals surface area contributed by atoms with E-state index in [9.17, 15) is 4.79 Å². The van der Waals surface area contributed by atoms with Crippen molar-refractivity contribution in [2.24, 2.45) is 10.2 Å². The first kappa shape index (κ1) is 16.8. The summed E-state index contributed by atoms with van der Waals surface area (Å²) >= 11 is 0. The number of aryl methyl sites for hydroxylation is 1. The number of ether oxygens (including phenoxy) is 1. The lowest BCUT2D eigenvalue weighted by Gasteiger charge is -2.01. The molecule has 0 aliphatic carbocycles. The number of benzene rings is 1. The third-order valence-electron chi connectivity index (χ3n) is 4.09. The summed E-state index contributed by atoms with van der Waals surface area (Å²) in [5, 5.41) is 9.64. The highest BCUT2D eigenvalue weighted by atomic mass is 16.5. The molecule has 0 aliphatic heterocycles. The number of azo groups is 1. The van der Waals surface area contributed by atoms with E-state index in [2.05, 4.69) is 20.2 Å². The van der Waals surface area contributed by atoms with E-state index in [0.717, 1.165) is 16.5 Å². The van der Waals surface area contributed by atoms with Crippen molar-refractivity contribution >= 4 is 34.0 Å². The minimum atomic E-state index is -0.524. The highest BCUT2D eigenvalue weighted by Crippen LogP contribution is 2.28. The average Bonchev–Trinajstić information content (AvgIpc) is 3.04. The SMILES string of the molecule is CCOC(=O)c1nc2cc(C)ccn2c1N=Nc1cccc2cccnc12. The van der Waals surface area contributed by atoms with Gasteiger partial charge < -0.3 is 4.74 Å². The number of carbonyl (C=O) groups excluding carboxylic acids is 1. The normalized spacial score (nSPS) is 11.5. The van der Waals surface area contributed by atoms with Gasteiger partial charge in [-0.2, -0.15) is 0 Å². The van der Waals surface area contributed by atoms with Crippen LogP contribution in [0.4, 0.5) is 11.5 Å². The number of para-hydroxylation sites is 1. The first-order valence-electron chi connectivity index (χ1n) is 8.58. The van der Waals surface area contributed by atoms with Crippen LogP contribution >= 0.6 is 0 Å². The Morgan fingerprint density at radius 2 is 2.04 bits per heavy atom. The van der Waals surface area contributed by atoms with E-state index in [1.54, 1.807) is 17.5 Å². The minimum Gasteiger partial charge on any atom is -0.461 e. The number of hydrogen-bond acceptors (Lipinski definition) is 6. The summed E-state index contributed by atoms with van der Waals surface area (Å²) in [6.07, 6.45) is 3.53. The van der Waals surface area contributed by atoms with Crippen molar-refractivity contribution in [3.05, 3.63) is 66.1 Å². The number of hydrogen-bond donors (Lipinski definition) is 0. The maximum absolute atomic E-state index is 12.3. The first-order valence-corrected chi connectivity index (χ1v) is 8.58. The van der Waals surface area contributed by atoms with Crippen LogP contribution in [-0.2, 0) is 4.74 Å². The van der Waals surface area contributed by atoms with E-state index < -0.39 is 5.97 Å². The molecule has 0 N–H and O–H groups in total. The fraction of sp³-hybridized carbons (Fsp3) is 0.150. The van der Waals surface area contributed by atoms with Crippen LogP contribution in [0, 0.1) is 6.92 Å². The third kappa shape index (κ3) is 3.15. The summed E-state index contributed by atoms with van der Waals surface area (Å²) in [5.74, 6) is -0.194. The zero-order valence-electron chi connectivity index (χ0n) is 15.0. The van der Waals surface area contributed by atoms with Crippen LogP contribution in [0.2, 0.25) is 0 Å². The van der Waals surface area contributed by atoms with Gasteiger partial charge in [-0.25, -0.2) is 9.78 Å². The number of fused-ring (bicyclic) bond motifs is 2. The summed E-state index contributed by atoms with van der Waals surface area (Å²) in [7, 11) is 0. The highest BCUT2D eigenvalue weighted by molar-refractivity contribution is 5.93. The van der Waals surface area contributed by atoms with Crippen molar-refractivity contribution in [2.75, 3.05) is 6.61 Å². The van der Waals surface area contributed by atoms with Gasteiger partial charge >= 0.3 is 5.97 Å². The number of rotatable bonds is 4. The van der Waals surface area contributed by atoms with Gasteiger partial charge in [-0.15, -0.1) is 10.2 Å². The highest BCUT2D eigenvalue weighted by Gasteiger charge is 2.20. The van der Waals surface area contributed by atoms with Gasteiger partial charge in [0.2, 0.25) is 0 Å². The van der Waals surface area contributed by atoms with Crippen LogP contribution in [-0.4, -0.2) is 26.9 Å².